The van der Waals surface area contributed by atoms with E-state index in [9.17, 15) is 17.6 Å². The van der Waals surface area contributed by atoms with Crippen LogP contribution in [-0.2, 0) is 0 Å². The van der Waals surface area contributed by atoms with Gasteiger partial charge in [0.15, 0.2) is 0 Å². The first-order chi connectivity index (χ1) is 6.93. The molecule has 0 aliphatic heterocycles. The monoisotopic (exact) mass is 344 g/mol. The van der Waals surface area contributed by atoms with Crippen LogP contribution in [0, 0.1) is 0 Å². The molecule has 0 saturated heterocycles. The van der Waals surface area contributed by atoms with Gasteiger partial charge in [-0.05, 0) is 0 Å². The minimum Gasteiger partial charge on any atom is -0.520 e. The number of carboxylic acid groups (broad SMARTS) is 4. The largest absolute Gasteiger partial charge is 1.00 e. The summed E-state index contributed by atoms with van der Waals surface area (Å²) in [5.74, 6) is 0. The fourth-order valence-corrected chi connectivity index (χ4v) is 0. The number of rotatable bonds is 0. The van der Waals surface area contributed by atoms with Crippen LogP contribution in [0.15, 0.2) is 0 Å². The Kier molecular flexibility index (Phi) is 106. The summed E-state index contributed by atoms with van der Waals surface area (Å²) in [6.45, 7) is 0. The summed E-state index contributed by atoms with van der Waals surface area (Å²) in [7, 11) is 0. The second-order valence-corrected chi connectivity index (χ2v) is 0.951. The maximum atomic E-state index is 9.81. The third-order valence-electron chi connectivity index (χ3n) is 0. The quantitative estimate of drug-likeness (QED) is 0.238. The van der Waals surface area contributed by atoms with E-state index in [0.29, 0.717) is 0 Å². The predicted octanol–water partition coefficient (Wildman–Crippen LogP) is -14.8. The average Bonchev–Trinajstić information content (AvgIpc) is 1.76. The molecule has 0 fully saturated rings. The molecule has 0 aromatic carbocycles. The van der Waals surface area contributed by atoms with Gasteiger partial charge in [-0.2, -0.15) is 17.6 Å². The SMILES string of the molecule is O=C([O-])F.O=C([O-])F.O=C([O-])F.O=C([O-])F.[Na+].[Na+].[Na+].[Na+]. The molecule has 0 spiro atoms. The van der Waals surface area contributed by atoms with E-state index in [4.69, 9.17) is 39.6 Å². The van der Waals surface area contributed by atoms with Crippen molar-refractivity contribution in [1.29, 1.82) is 0 Å². The molecule has 16 heteroatoms. The van der Waals surface area contributed by atoms with Crippen molar-refractivity contribution in [3.63, 3.8) is 0 Å². The Morgan fingerprint density at radius 2 is 0.450 bits per heavy atom. The van der Waals surface area contributed by atoms with Gasteiger partial charge in [-0.1, -0.05) is 0 Å². The zero-order valence-electron chi connectivity index (χ0n) is 10.8. The first-order valence-corrected chi connectivity index (χ1v) is 2.39. The number of carbonyl (C=O) groups excluding carboxylic acids is 4. The van der Waals surface area contributed by atoms with Crippen LogP contribution >= 0.6 is 0 Å². The summed E-state index contributed by atoms with van der Waals surface area (Å²) >= 11 is 0. The molecule has 8 nitrogen and oxygen atoms in total. The molecule has 0 heterocycles. The Bertz CT molecular complexity index is 179. The van der Waals surface area contributed by atoms with E-state index in [1.165, 1.54) is 0 Å². The number of hydrogen-bond donors (Lipinski definition) is 0. The summed E-state index contributed by atoms with van der Waals surface area (Å²) in [6, 6.07) is 0. The second kappa shape index (κ2) is 42.8. The molecule has 20 heavy (non-hydrogen) atoms. The van der Waals surface area contributed by atoms with Crippen molar-refractivity contribution in [3.8, 4) is 0 Å². The molecule has 0 N–H and O–H groups in total. The number of carbonyl (C=O) groups is 4. The minimum atomic E-state index is -2.58. The molecule has 0 aromatic rings. The van der Waals surface area contributed by atoms with Crippen LogP contribution in [0.3, 0.4) is 0 Å². The molecule has 0 aliphatic carbocycles. The summed E-state index contributed by atoms with van der Waals surface area (Å²) < 4.78 is 39.2. The smallest absolute Gasteiger partial charge is 0.520 e. The van der Waals surface area contributed by atoms with Gasteiger partial charge in [-0.3, -0.25) is 0 Å². The molecule has 0 atom stereocenters. The molecule has 0 saturated carbocycles. The van der Waals surface area contributed by atoms with Crippen LogP contribution in [0.2, 0.25) is 0 Å². The topological polar surface area (TPSA) is 161 Å². The van der Waals surface area contributed by atoms with Crippen molar-refractivity contribution in [2.45, 2.75) is 0 Å². The van der Waals surface area contributed by atoms with Crippen molar-refractivity contribution in [2.24, 2.45) is 0 Å². The molecule has 96 valence electrons. The molecule has 0 amide bonds. The zero-order chi connectivity index (χ0) is 14.3. The molecule has 0 rings (SSSR count). The molecule has 0 unspecified atom stereocenters. The predicted molar refractivity (Wildman–Crippen MR) is 26.0 cm³/mol. The summed E-state index contributed by atoms with van der Waals surface area (Å²) in [5.41, 5.74) is 0. The minimum absolute atomic E-state index is 0. The Balaban J connectivity index is -0.0000000150. The van der Waals surface area contributed by atoms with Gasteiger partial charge in [-0.15, -0.1) is 0 Å². The standard InChI is InChI=1S/4CHFO2.4Na/c4*2-1(3)4;;;;/h4*(H,3,4);;;;/q;;;;4*+1/p-4. The van der Waals surface area contributed by atoms with Crippen LogP contribution in [0.1, 0.15) is 0 Å². The maximum absolute atomic E-state index is 9.81. The average molecular weight is 344 g/mol. The summed E-state index contributed by atoms with van der Waals surface area (Å²) in [6.07, 6.45) is -10.3. The van der Waals surface area contributed by atoms with E-state index in [1.54, 1.807) is 0 Å². The summed E-state index contributed by atoms with van der Waals surface area (Å²) in [5, 5.41) is 32.9. The first-order valence-electron chi connectivity index (χ1n) is 2.39. The third-order valence-corrected chi connectivity index (χ3v) is 0. The van der Waals surface area contributed by atoms with E-state index in [1.807, 2.05) is 0 Å². The Morgan fingerprint density at radius 1 is 0.450 bits per heavy atom. The Morgan fingerprint density at radius 3 is 0.450 bits per heavy atom. The van der Waals surface area contributed by atoms with Crippen molar-refractivity contribution in [1.82, 2.24) is 0 Å². The van der Waals surface area contributed by atoms with Crippen LogP contribution in [0.5, 0.6) is 0 Å². The van der Waals surface area contributed by atoms with Crippen LogP contribution in [0.25, 0.3) is 0 Å². The van der Waals surface area contributed by atoms with Crippen LogP contribution in [0.4, 0.5) is 36.7 Å². The van der Waals surface area contributed by atoms with Crippen LogP contribution < -0.4 is 139 Å². The van der Waals surface area contributed by atoms with Crippen LogP contribution in [-0.4, -0.2) is 24.9 Å². The van der Waals surface area contributed by atoms with Gasteiger partial charge in [-0.25, -0.2) is 0 Å². The third kappa shape index (κ3) is 2650. The molecule has 0 bridgehead atoms. The second-order valence-electron chi connectivity index (χ2n) is 0.951. The van der Waals surface area contributed by atoms with Gasteiger partial charge >= 0.3 is 118 Å². The fraction of sp³-hybridized carbons (Fsp3) is 0. The van der Waals surface area contributed by atoms with E-state index >= 15 is 0 Å². The van der Waals surface area contributed by atoms with Gasteiger partial charge < -0.3 is 39.6 Å². The van der Waals surface area contributed by atoms with Crippen molar-refractivity contribution >= 4 is 24.9 Å². The van der Waals surface area contributed by atoms with Gasteiger partial charge in [0.05, 0.1) is 0 Å². The van der Waals surface area contributed by atoms with E-state index in [0.717, 1.165) is 0 Å². The van der Waals surface area contributed by atoms with E-state index in [2.05, 4.69) is 0 Å². The zero-order valence-corrected chi connectivity index (χ0v) is 18.8. The molecular formula is C4F4Na4O8. The van der Waals surface area contributed by atoms with E-state index in [-0.39, 0.29) is 118 Å². The van der Waals surface area contributed by atoms with E-state index < -0.39 is 24.9 Å². The number of hydrogen-bond acceptors (Lipinski definition) is 8. The number of halogens is 4. The molecule has 0 radical (unpaired) electrons. The normalized spacial score (nSPS) is 5.00. The Labute approximate surface area is 197 Å². The van der Waals surface area contributed by atoms with Gasteiger partial charge in [0.2, 0.25) is 24.9 Å². The van der Waals surface area contributed by atoms with Gasteiger partial charge in [0.1, 0.15) is 0 Å². The van der Waals surface area contributed by atoms with Gasteiger partial charge in [0, 0.05) is 0 Å². The summed E-state index contributed by atoms with van der Waals surface area (Å²) in [4.78, 5) is 32.9. The molecular weight excluding hydrogens is 344 g/mol. The van der Waals surface area contributed by atoms with Crippen molar-refractivity contribution < 1.29 is 175 Å². The van der Waals surface area contributed by atoms with Crippen molar-refractivity contribution in [2.75, 3.05) is 0 Å². The first kappa shape index (κ1) is 49.6. The fourth-order valence-electron chi connectivity index (χ4n) is 0. The van der Waals surface area contributed by atoms with Crippen molar-refractivity contribution in [3.05, 3.63) is 0 Å². The van der Waals surface area contributed by atoms with Gasteiger partial charge in [0.25, 0.3) is 0 Å². The molecule has 0 aliphatic rings. The molecule has 0 aromatic heterocycles. The Hall–Kier alpha value is 1.60. The maximum Gasteiger partial charge on any atom is 1.00 e.